The highest BCUT2D eigenvalue weighted by Gasteiger charge is 2.25. The molecular weight excluding hydrogens is 294 g/mol. The molecule has 0 saturated heterocycles. The minimum Gasteiger partial charge on any atom is -0.495 e. The van der Waals surface area contributed by atoms with Crippen molar-refractivity contribution >= 4 is 17.6 Å². The molecule has 1 aliphatic carbocycles. The van der Waals surface area contributed by atoms with Crippen LogP contribution >= 0.6 is 0 Å². The molecule has 0 bridgehead atoms. The Morgan fingerprint density at radius 3 is 2.74 bits per heavy atom. The van der Waals surface area contributed by atoms with Crippen molar-refractivity contribution in [2.45, 2.75) is 39.2 Å². The van der Waals surface area contributed by atoms with E-state index in [9.17, 15) is 9.59 Å². The van der Waals surface area contributed by atoms with Gasteiger partial charge >= 0.3 is 5.97 Å². The molecule has 1 aromatic carbocycles. The van der Waals surface area contributed by atoms with Crippen LogP contribution in [0.1, 0.15) is 31.7 Å². The van der Waals surface area contributed by atoms with Crippen molar-refractivity contribution in [3.63, 3.8) is 0 Å². The Morgan fingerprint density at radius 2 is 2.09 bits per heavy atom. The summed E-state index contributed by atoms with van der Waals surface area (Å²) in [7, 11) is 1.54. The summed E-state index contributed by atoms with van der Waals surface area (Å²) < 4.78 is 10.5. The fraction of sp³-hybridized carbons (Fsp3) is 0.444. The molecule has 1 N–H and O–H groups in total. The van der Waals surface area contributed by atoms with Gasteiger partial charge in [-0.3, -0.25) is 9.59 Å². The third-order valence-electron chi connectivity index (χ3n) is 3.88. The standard InChI is InChI=1S/C18H23NO4/c1-12-9-10-16(22-3)15(11-12)19-17(20)13(2)23-18(21)14-7-5-4-6-8-14/h4-5,9-11,13-14H,6-8H2,1-3H3,(H,19,20)/t13-,14+/m1/s1. The van der Waals surface area contributed by atoms with Crippen LogP contribution in [0.15, 0.2) is 30.4 Å². The topological polar surface area (TPSA) is 64.6 Å². The number of hydrogen-bond donors (Lipinski definition) is 1. The first kappa shape index (κ1) is 17.1. The fourth-order valence-corrected chi connectivity index (χ4v) is 2.49. The highest BCUT2D eigenvalue weighted by molar-refractivity contribution is 5.96. The van der Waals surface area contributed by atoms with Crippen LogP contribution in [0.4, 0.5) is 5.69 Å². The lowest BCUT2D eigenvalue weighted by molar-refractivity contribution is -0.157. The van der Waals surface area contributed by atoms with Crippen LogP contribution in [0.25, 0.3) is 0 Å². The molecule has 1 aliphatic rings. The first-order valence-electron chi connectivity index (χ1n) is 7.82. The van der Waals surface area contributed by atoms with Crippen LogP contribution < -0.4 is 10.1 Å². The van der Waals surface area contributed by atoms with Gasteiger partial charge in [-0.15, -0.1) is 0 Å². The number of nitrogens with one attached hydrogen (secondary N) is 1. The number of esters is 1. The number of allylic oxidation sites excluding steroid dienone is 2. The van der Waals surface area contributed by atoms with E-state index in [1.54, 1.807) is 20.1 Å². The molecule has 5 nitrogen and oxygen atoms in total. The summed E-state index contributed by atoms with van der Waals surface area (Å²) in [4.78, 5) is 24.3. The molecule has 2 atom stereocenters. The van der Waals surface area contributed by atoms with Gasteiger partial charge in [0.1, 0.15) is 5.75 Å². The zero-order valence-electron chi connectivity index (χ0n) is 13.8. The van der Waals surface area contributed by atoms with Gasteiger partial charge in [-0.05, 0) is 50.8 Å². The lowest BCUT2D eigenvalue weighted by Crippen LogP contribution is -2.32. The Morgan fingerprint density at radius 1 is 1.30 bits per heavy atom. The monoisotopic (exact) mass is 317 g/mol. The summed E-state index contributed by atoms with van der Waals surface area (Å²) in [5.41, 5.74) is 1.57. The van der Waals surface area contributed by atoms with Crippen molar-refractivity contribution in [1.29, 1.82) is 0 Å². The average Bonchev–Trinajstić information content (AvgIpc) is 2.55. The second-order valence-corrected chi connectivity index (χ2v) is 5.75. The summed E-state index contributed by atoms with van der Waals surface area (Å²) in [6.45, 7) is 3.50. The Hall–Kier alpha value is -2.30. The zero-order valence-corrected chi connectivity index (χ0v) is 13.8. The molecule has 0 unspecified atom stereocenters. The third-order valence-corrected chi connectivity index (χ3v) is 3.88. The van der Waals surface area contributed by atoms with Crippen LogP contribution in [0.2, 0.25) is 0 Å². The number of anilines is 1. The van der Waals surface area contributed by atoms with E-state index in [2.05, 4.69) is 11.4 Å². The highest BCUT2D eigenvalue weighted by atomic mass is 16.5. The molecule has 5 heteroatoms. The van der Waals surface area contributed by atoms with Gasteiger partial charge in [0.25, 0.3) is 5.91 Å². The predicted octanol–water partition coefficient (Wildman–Crippen LogP) is 3.23. The maximum Gasteiger partial charge on any atom is 0.310 e. The van der Waals surface area contributed by atoms with Crippen LogP contribution in [-0.4, -0.2) is 25.1 Å². The van der Waals surface area contributed by atoms with E-state index in [1.807, 2.05) is 25.1 Å². The minimum atomic E-state index is -0.848. The molecular formula is C18H23NO4. The summed E-state index contributed by atoms with van der Waals surface area (Å²) in [5, 5.41) is 2.76. The number of carbonyl (C=O) groups excluding carboxylic acids is 2. The highest BCUT2D eigenvalue weighted by Crippen LogP contribution is 2.26. The lowest BCUT2D eigenvalue weighted by atomic mass is 9.95. The van der Waals surface area contributed by atoms with Crippen LogP contribution in [-0.2, 0) is 14.3 Å². The van der Waals surface area contributed by atoms with Crippen molar-refractivity contribution in [1.82, 2.24) is 0 Å². The van der Waals surface area contributed by atoms with Crippen LogP contribution in [0.5, 0.6) is 5.75 Å². The first-order valence-corrected chi connectivity index (χ1v) is 7.82. The number of amides is 1. The van der Waals surface area contributed by atoms with Gasteiger partial charge in [0.15, 0.2) is 6.10 Å². The minimum absolute atomic E-state index is 0.149. The lowest BCUT2D eigenvalue weighted by Gasteiger charge is -2.20. The van der Waals surface area contributed by atoms with E-state index in [0.717, 1.165) is 18.4 Å². The normalized spacial score (nSPS) is 18.1. The number of aryl methyl sites for hydroxylation is 1. The molecule has 1 aromatic rings. The van der Waals surface area contributed by atoms with E-state index in [-0.39, 0.29) is 17.8 Å². The smallest absolute Gasteiger partial charge is 0.310 e. The predicted molar refractivity (Wildman–Crippen MR) is 88.4 cm³/mol. The van der Waals surface area contributed by atoms with Gasteiger partial charge in [0, 0.05) is 0 Å². The van der Waals surface area contributed by atoms with E-state index in [1.165, 1.54) is 0 Å². The van der Waals surface area contributed by atoms with Gasteiger partial charge in [-0.25, -0.2) is 0 Å². The first-order chi connectivity index (χ1) is 11.0. The van der Waals surface area contributed by atoms with E-state index in [0.29, 0.717) is 17.9 Å². The van der Waals surface area contributed by atoms with E-state index >= 15 is 0 Å². The molecule has 0 heterocycles. The zero-order chi connectivity index (χ0) is 16.8. The molecule has 0 fully saturated rings. The van der Waals surface area contributed by atoms with Gasteiger partial charge in [-0.2, -0.15) is 0 Å². The number of carbonyl (C=O) groups is 2. The number of methoxy groups -OCH3 is 1. The maximum atomic E-state index is 12.3. The van der Waals surface area contributed by atoms with Crippen molar-refractivity contribution in [3.8, 4) is 5.75 Å². The molecule has 2 rings (SSSR count). The van der Waals surface area contributed by atoms with Crippen LogP contribution in [0.3, 0.4) is 0 Å². The van der Waals surface area contributed by atoms with Gasteiger partial charge < -0.3 is 14.8 Å². The molecule has 0 saturated carbocycles. The van der Waals surface area contributed by atoms with E-state index < -0.39 is 6.10 Å². The third kappa shape index (κ3) is 4.58. The van der Waals surface area contributed by atoms with Gasteiger partial charge in [0.05, 0.1) is 18.7 Å². The molecule has 124 valence electrons. The summed E-state index contributed by atoms with van der Waals surface area (Å²) in [5.74, 6) is -0.259. The van der Waals surface area contributed by atoms with Crippen molar-refractivity contribution < 1.29 is 19.1 Å². The maximum absolute atomic E-state index is 12.3. The molecule has 0 aromatic heterocycles. The Bertz CT molecular complexity index is 609. The molecule has 23 heavy (non-hydrogen) atoms. The van der Waals surface area contributed by atoms with Crippen molar-refractivity contribution in [3.05, 3.63) is 35.9 Å². The van der Waals surface area contributed by atoms with E-state index in [4.69, 9.17) is 9.47 Å². The molecule has 1 amide bonds. The molecule has 0 aliphatic heterocycles. The average molecular weight is 317 g/mol. The molecule has 0 spiro atoms. The number of rotatable bonds is 5. The quantitative estimate of drug-likeness (QED) is 0.669. The summed E-state index contributed by atoms with van der Waals surface area (Å²) >= 11 is 0. The summed E-state index contributed by atoms with van der Waals surface area (Å²) in [6, 6.07) is 5.50. The number of benzene rings is 1. The molecule has 0 radical (unpaired) electrons. The van der Waals surface area contributed by atoms with Crippen molar-refractivity contribution in [2.24, 2.45) is 5.92 Å². The second kappa shape index (κ2) is 7.81. The second-order valence-electron chi connectivity index (χ2n) is 5.75. The number of hydrogen-bond acceptors (Lipinski definition) is 4. The summed E-state index contributed by atoms with van der Waals surface area (Å²) in [6.07, 6.45) is 5.52. The Balaban J connectivity index is 1.96. The Labute approximate surface area is 136 Å². The Kier molecular flexibility index (Phi) is 5.79. The van der Waals surface area contributed by atoms with Crippen molar-refractivity contribution in [2.75, 3.05) is 12.4 Å². The number of ether oxygens (including phenoxy) is 2. The van der Waals surface area contributed by atoms with Gasteiger partial charge in [0.2, 0.25) is 0 Å². The SMILES string of the molecule is COc1ccc(C)cc1NC(=O)[C@@H](C)OC(=O)[C@H]1CC=CCC1. The van der Waals surface area contributed by atoms with Gasteiger partial charge in [-0.1, -0.05) is 18.2 Å². The fourth-order valence-electron chi connectivity index (χ4n) is 2.49. The van der Waals surface area contributed by atoms with Crippen LogP contribution in [0, 0.1) is 12.8 Å². The largest absolute Gasteiger partial charge is 0.495 e.